The van der Waals surface area contributed by atoms with Gasteiger partial charge in [0, 0.05) is 11.4 Å². The van der Waals surface area contributed by atoms with Crippen molar-refractivity contribution in [2.45, 2.75) is 20.3 Å². The van der Waals surface area contributed by atoms with E-state index in [2.05, 4.69) is 0 Å². The van der Waals surface area contributed by atoms with Crippen LogP contribution in [0.3, 0.4) is 0 Å². The number of ketones is 1. The van der Waals surface area contributed by atoms with E-state index in [0.29, 0.717) is 11.4 Å². The van der Waals surface area contributed by atoms with Gasteiger partial charge in [0.15, 0.2) is 5.78 Å². The van der Waals surface area contributed by atoms with Gasteiger partial charge in [-0.1, -0.05) is 35.4 Å². The van der Waals surface area contributed by atoms with Gasteiger partial charge in [-0.3, -0.25) is 4.79 Å². The van der Waals surface area contributed by atoms with Crippen molar-refractivity contribution >= 4 is 17.4 Å². The zero-order chi connectivity index (χ0) is 10.6. The molecule has 14 heavy (non-hydrogen) atoms. The smallest absolute Gasteiger partial charge is 0.160 e. The number of rotatable bonds is 3. The largest absolute Gasteiger partial charge is 0.294 e. The quantitative estimate of drug-likeness (QED) is 0.696. The second kappa shape index (κ2) is 4.97. The number of carbonyl (C=O) groups excluding carboxylic acids is 1. The average Bonchev–Trinajstić information content (AvgIpc) is 2.07. The maximum absolute atomic E-state index is 11.4. The van der Waals surface area contributed by atoms with Gasteiger partial charge in [-0.05, 0) is 31.6 Å². The van der Waals surface area contributed by atoms with E-state index in [4.69, 9.17) is 11.6 Å². The molecule has 0 aromatic heterocycles. The van der Waals surface area contributed by atoms with Crippen molar-refractivity contribution in [3.8, 4) is 0 Å². The molecule has 0 aliphatic rings. The van der Waals surface area contributed by atoms with Crippen molar-refractivity contribution in [2.75, 3.05) is 0 Å². The number of hydrogen-bond donors (Lipinski definition) is 0. The van der Waals surface area contributed by atoms with E-state index in [9.17, 15) is 4.79 Å². The molecule has 0 aliphatic carbocycles. The molecule has 1 rings (SSSR count). The molecule has 0 bridgehead atoms. The van der Waals surface area contributed by atoms with Gasteiger partial charge in [-0.2, -0.15) is 0 Å². The summed E-state index contributed by atoms with van der Waals surface area (Å²) in [5.41, 5.74) is 1.90. The lowest BCUT2D eigenvalue weighted by molar-refractivity contribution is -0.114. The van der Waals surface area contributed by atoms with Crippen LogP contribution in [0.1, 0.15) is 19.4 Å². The Morgan fingerprint density at radius 2 is 2.00 bits per heavy atom. The van der Waals surface area contributed by atoms with E-state index in [1.54, 1.807) is 12.1 Å². The van der Waals surface area contributed by atoms with Crippen molar-refractivity contribution < 1.29 is 4.79 Å². The molecule has 0 N–H and O–H groups in total. The van der Waals surface area contributed by atoms with Crippen molar-refractivity contribution in [3.05, 3.63) is 46.5 Å². The molecule has 74 valence electrons. The summed E-state index contributed by atoms with van der Waals surface area (Å²) >= 11 is 5.93. The summed E-state index contributed by atoms with van der Waals surface area (Å²) < 4.78 is 0. The summed E-state index contributed by atoms with van der Waals surface area (Å²) in [5.74, 6) is 0.0955. The van der Waals surface area contributed by atoms with Crippen LogP contribution in [-0.4, -0.2) is 5.78 Å². The fraction of sp³-hybridized carbons (Fsp3) is 0.250. The Balaban J connectivity index is 2.75. The van der Waals surface area contributed by atoms with Crippen LogP contribution >= 0.6 is 11.6 Å². The topological polar surface area (TPSA) is 17.1 Å². The Morgan fingerprint density at radius 3 is 2.57 bits per heavy atom. The molecule has 0 spiro atoms. The predicted molar refractivity (Wildman–Crippen MR) is 59.6 cm³/mol. The lowest BCUT2D eigenvalue weighted by Gasteiger charge is -2.00. The third kappa shape index (κ3) is 3.35. The molecule has 1 aromatic rings. The summed E-state index contributed by atoms with van der Waals surface area (Å²) in [6, 6.07) is 7.42. The fourth-order valence-corrected chi connectivity index (χ4v) is 1.41. The third-order valence-electron chi connectivity index (χ3n) is 1.77. The standard InChI is InChI=1S/C12H13ClO/c1-9(2)7-11(14)8-10-5-3-4-6-12(10)13/h3-7H,8H2,1-2H3. The molecule has 0 heterocycles. The van der Waals surface area contributed by atoms with E-state index in [1.165, 1.54) is 0 Å². The Bertz CT molecular complexity index is 362. The van der Waals surface area contributed by atoms with Crippen LogP contribution in [0.4, 0.5) is 0 Å². The minimum absolute atomic E-state index is 0.0955. The SMILES string of the molecule is CC(C)=CC(=O)Cc1ccccc1Cl. The first-order chi connectivity index (χ1) is 6.59. The maximum Gasteiger partial charge on any atom is 0.160 e. The molecule has 0 saturated heterocycles. The second-order valence-corrected chi connectivity index (χ2v) is 3.86. The minimum atomic E-state index is 0.0955. The summed E-state index contributed by atoms with van der Waals surface area (Å²) in [4.78, 5) is 11.4. The van der Waals surface area contributed by atoms with E-state index >= 15 is 0 Å². The number of hydrogen-bond acceptors (Lipinski definition) is 1. The Hall–Kier alpha value is -1.08. The molecule has 0 aliphatic heterocycles. The molecule has 1 nitrogen and oxygen atoms in total. The first-order valence-corrected chi connectivity index (χ1v) is 4.88. The molecular formula is C12H13ClO. The van der Waals surface area contributed by atoms with Crippen LogP contribution < -0.4 is 0 Å². The lowest BCUT2D eigenvalue weighted by atomic mass is 10.1. The molecule has 0 fully saturated rings. The van der Waals surface area contributed by atoms with Gasteiger partial charge in [0.1, 0.15) is 0 Å². The van der Waals surface area contributed by atoms with Gasteiger partial charge in [0.2, 0.25) is 0 Å². The normalized spacial score (nSPS) is 9.64. The van der Waals surface area contributed by atoms with Gasteiger partial charge in [-0.25, -0.2) is 0 Å². The number of halogens is 1. The first kappa shape index (κ1) is 11.0. The zero-order valence-corrected chi connectivity index (χ0v) is 9.14. The van der Waals surface area contributed by atoms with Gasteiger partial charge in [0.25, 0.3) is 0 Å². The molecule has 1 aromatic carbocycles. The monoisotopic (exact) mass is 208 g/mol. The Kier molecular flexibility index (Phi) is 3.90. The van der Waals surface area contributed by atoms with Gasteiger partial charge < -0.3 is 0 Å². The summed E-state index contributed by atoms with van der Waals surface area (Å²) in [6.07, 6.45) is 2.02. The Labute approximate surface area is 89.4 Å². The van der Waals surface area contributed by atoms with Crippen molar-refractivity contribution in [1.29, 1.82) is 0 Å². The molecular weight excluding hydrogens is 196 g/mol. The second-order valence-electron chi connectivity index (χ2n) is 3.46. The number of benzene rings is 1. The predicted octanol–water partition coefficient (Wildman–Crippen LogP) is 3.42. The highest BCUT2D eigenvalue weighted by Gasteiger charge is 2.03. The molecule has 0 atom stereocenters. The van der Waals surface area contributed by atoms with Crippen LogP contribution in [0.2, 0.25) is 5.02 Å². The van der Waals surface area contributed by atoms with Gasteiger partial charge >= 0.3 is 0 Å². The Morgan fingerprint density at radius 1 is 1.36 bits per heavy atom. The van der Waals surface area contributed by atoms with Crippen LogP contribution in [0.25, 0.3) is 0 Å². The van der Waals surface area contributed by atoms with Crippen molar-refractivity contribution in [1.82, 2.24) is 0 Å². The van der Waals surface area contributed by atoms with E-state index in [-0.39, 0.29) is 5.78 Å². The average molecular weight is 209 g/mol. The van der Waals surface area contributed by atoms with Crippen LogP contribution in [0.5, 0.6) is 0 Å². The fourth-order valence-electron chi connectivity index (χ4n) is 1.20. The zero-order valence-electron chi connectivity index (χ0n) is 8.38. The molecule has 0 saturated carbocycles. The molecule has 0 amide bonds. The highest BCUT2D eigenvalue weighted by molar-refractivity contribution is 6.31. The lowest BCUT2D eigenvalue weighted by Crippen LogP contribution is -1.99. The van der Waals surface area contributed by atoms with Crippen LogP contribution in [-0.2, 0) is 11.2 Å². The molecule has 0 unspecified atom stereocenters. The van der Waals surface area contributed by atoms with Gasteiger partial charge in [0.05, 0.1) is 0 Å². The van der Waals surface area contributed by atoms with Crippen LogP contribution in [0, 0.1) is 0 Å². The van der Waals surface area contributed by atoms with Gasteiger partial charge in [-0.15, -0.1) is 0 Å². The maximum atomic E-state index is 11.4. The first-order valence-electron chi connectivity index (χ1n) is 4.50. The minimum Gasteiger partial charge on any atom is -0.294 e. The van der Waals surface area contributed by atoms with E-state index in [1.807, 2.05) is 32.0 Å². The highest BCUT2D eigenvalue weighted by Crippen LogP contribution is 2.15. The van der Waals surface area contributed by atoms with Crippen molar-refractivity contribution in [2.24, 2.45) is 0 Å². The number of allylic oxidation sites excluding steroid dienone is 2. The van der Waals surface area contributed by atoms with Crippen LogP contribution in [0.15, 0.2) is 35.9 Å². The molecule has 2 heteroatoms. The van der Waals surface area contributed by atoms with E-state index < -0.39 is 0 Å². The summed E-state index contributed by atoms with van der Waals surface area (Å²) in [6.45, 7) is 3.81. The van der Waals surface area contributed by atoms with E-state index in [0.717, 1.165) is 11.1 Å². The van der Waals surface area contributed by atoms with Crippen molar-refractivity contribution in [3.63, 3.8) is 0 Å². The number of carbonyl (C=O) groups is 1. The molecule has 0 radical (unpaired) electrons. The third-order valence-corrected chi connectivity index (χ3v) is 2.14. The highest BCUT2D eigenvalue weighted by atomic mass is 35.5. The summed E-state index contributed by atoms with van der Waals surface area (Å²) in [5, 5.41) is 0.656. The summed E-state index contributed by atoms with van der Waals surface area (Å²) in [7, 11) is 0.